The van der Waals surface area contributed by atoms with Crippen LogP contribution < -0.4 is 10.6 Å². The van der Waals surface area contributed by atoms with Crippen LogP contribution in [0.1, 0.15) is 27.7 Å². The molecular weight excluding hydrogens is 178 g/mol. The van der Waals surface area contributed by atoms with E-state index in [4.69, 9.17) is 4.74 Å². The minimum absolute atomic E-state index is 0.403. The number of nitrogens with one attached hydrogen (secondary N) is 2. The SMILES string of the molecule is CCNC(=NCCOCC)NC(C)C. The first-order chi connectivity index (χ1) is 6.70. The Kier molecular flexibility index (Phi) is 8.33. The van der Waals surface area contributed by atoms with Crippen molar-refractivity contribution in [3.8, 4) is 0 Å². The number of hydrogen-bond acceptors (Lipinski definition) is 2. The molecule has 0 fully saturated rings. The standard InChI is InChI=1S/C10H23N3O/c1-5-11-10(13-9(3)4)12-7-8-14-6-2/h9H,5-8H2,1-4H3,(H2,11,12,13). The first-order valence-corrected chi connectivity index (χ1v) is 5.33. The summed E-state index contributed by atoms with van der Waals surface area (Å²) in [6.45, 7) is 11.3. The van der Waals surface area contributed by atoms with Gasteiger partial charge in [0.05, 0.1) is 13.2 Å². The average molecular weight is 201 g/mol. The van der Waals surface area contributed by atoms with Gasteiger partial charge in [-0.3, -0.25) is 4.99 Å². The van der Waals surface area contributed by atoms with Crippen LogP contribution in [0.3, 0.4) is 0 Å². The van der Waals surface area contributed by atoms with Gasteiger partial charge in [0.1, 0.15) is 0 Å². The molecule has 0 radical (unpaired) electrons. The molecule has 0 aliphatic heterocycles. The van der Waals surface area contributed by atoms with Crippen LogP contribution in [-0.2, 0) is 4.74 Å². The van der Waals surface area contributed by atoms with Gasteiger partial charge in [0.2, 0.25) is 0 Å². The molecule has 0 rings (SSSR count). The zero-order chi connectivity index (χ0) is 10.8. The van der Waals surface area contributed by atoms with E-state index in [1.165, 1.54) is 0 Å². The smallest absolute Gasteiger partial charge is 0.191 e. The molecule has 0 aliphatic rings. The lowest BCUT2D eigenvalue weighted by molar-refractivity contribution is 0.155. The molecular formula is C10H23N3O. The molecule has 2 N–H and O–H groups in total. The number of ether oxygens (including phenoxy) is 1. The molecule has 0 aromatic heterocycles. The summed E-state index contributed by atoms with van der Waals surface area (Å²) in [7, 11) is 0. The Balaban J connectivity index is 3.79. The summed E-state index contributed by atoms with van der Waals surface area (Å²) >= 11 is 0. The molecule has 0 heterocycles. The first kappa shape index (κ1) is 13.2. The number of rotatable bonds is 6. The van der Waals surface area contributed by atoms with E-state index in [0.717, 1.165) is 19.1 Å². The van der Waals surface area contributed by atoms with Gasteiger partial charge in [-0.1, -0.05) is 0 Å². The van der Waals surface area contributed by atoms with E-state index < -0.39 is 0 Å². The van der Waals surface area contributed by atoms with E-state index in [-0.39, 0.29) is 0 Å². The van der Waals surface area contributed by atoms with Crippen LogP contribution in [0.2, 0.25) is 0 Å². The third kappa shape index (κ3) is 7.86. The molecule has 0 spiro atoms. The Morgan fingerprint density at radius 2 is 2.07 bits per heavy atom. The van der Waals surface area contributed by atoms with E-state index in [0.29, 0.717) is 19.2 Å². The molecule has 0 aromatic rings. The highest BCUT2D eigenvalue weighted by Gasteiger charge is 1.97. The zero-order valence-electron chi connectivity index (χ0n) is 9.76. The molecule has 0 atom stereocenters. The Bertz CT molecular complexity index is 157. The van der Waals surface area contributed by atoms with Gasteiger partial charge in [0.15, 0.2) is 5.96 Å². The number of guanidine groups is 1. The Labute approximate surface area is 87.1 Å². The molecule has 14 heavy (non-hydrogen) atoms. The summed E-state index contributed by atoms with van der Waals surface area (Å²) in [6.07, 6.45) is 0. The lowest BCUT2D eigenvalue weighted by Gasteiger charge is -2.13. The van der Waals surface area contributed by atoms with Gasteiger partial charge in [-0.25, -0.2) is 0 Å². The van der Waals surface area contributed by atoms with Crippen LogP contribution in [0.15, 0.2) is 4.99 Å². The Hall–Kier alpha value is -0.770. The highest BCUT2D eigenvalue weighted by atomic mass is 16.5. The van der Waals surface area contributed by atoms with Crippen molar-refractivity contribution >= 4 is 5.96 Å². The molecule has 0 aromatic carbocycles. The van der Waals surface area contributed by atoms with E-state index in [1.54, 1.807) is 0 Å². The van der Waals surface area contributed by atoms with Gasteiger partial charge in [-0.15, -0.1) is 0 Å². The van der Waals surface area contributed by atoms with Gasteiger partial charge in [0, 0.05) is 19.2 Å². The van der Waals surface area contributed by atoms with Crippen molar-refractivity contribution in [1.82, 2.24) is 10.6 Å². The van der Waals surface area contributed by atoms with Crippen molar-refractivity contribution in [3.05, 3.63) is 0 Å². The summed E-state index contributed by atoms with van der Waals surface area (Å²) < 4.78 is 5.20. The second kappa shape index (κ2) is 8.81. The summed E-state index contributed by atoms with van der Waals surface area (Å²) in [4.78, 5) is 4.36. The summed E-state index contributed by atoms with van der Waals surface area (Å²) in [5.41, 5.74) is 0. The maximum atomic E-state index is 5.20. The van der Waals surface area contributed by atoms with Crippen LogP contribution in [0.5, 0.6) is 0 Å². The molecule has 0 bridgehead atoms. The monoisotopic (exact) mass is 201 g/mol. The predicted molar refractivity (Wildman–Crippen MR) is 60.7 cm³/mol. The summed E-state index contributed by atoms with van der Waals surface area (Å²) in [5.74, 6) is 0.863. The van der Waals surface area contributed by atoms with Crippen molar-refractivity contribution in [2.24, 2.45) is 4.99 Å². The second-order valence-corrected chi connectivity index (χ2v) is 3.26. The van der Waals surface area contributed by atoms with Crippen molar-refractivity contribution in [2.45, 2.75) is 33.7 Å². The van der Waals surface area contributed by atoms with Crippen molar-refractivity contribution in [1.29, 1.82) is 0 Å². The quantitative estimate of drug-likeness (QED) is 0.383. The highest BCUT2D eigenvalue weighted by molar-refractivity contribution is 5.79. The molecule has 0 amide bonds. The van der Waals surface area contributed by atoms with Crippen LogP contribution in [0.4, 0.5) is 0 Å². The number of nitrogens with zero attached hydrogens (tertiary/aromatic N) is 1. The number of aliphatic imine (C=N–C) groups is 1. The van der Waals surface area contributed by atoms with Crippen LogP contribution in [0.25, 0.3) is 0 Å². The zero-order valence-corrected chi connectivity index (χ0v) is 9.76. The lowest BCUT2D eigenvalue weighted by atomic mass is 10.4. The number of hydrogen-bond donors (Lipinski definition) is 2. The normalized spacial score (nSPS) is 11.9. The van der Waals surface area contributed by atoms with Crippen LogP contribution in [0, 0.1) is 0 Å². The van der Waals surface area contributed by atoms with Crippen molar-refractivity contribution in [2.75, 3.05) is 26.3 Å². The van der Waals surface area contributed by atoms with Crippen LogP contribution in [-0.4, -0.2) is 38.3 Å². The lowest BCUT2D eigenvalue weighted by Crippen LogP contribution is -2.41. The van der Waals surface area contributed by atoms with Gasteiger partial charge in [0.25, 0.3) is 0 Å². The van der Waals surface area contributed by atoms with E-state index >= 15 is 0 Å². The molecule has 0 unspecified atom stereocenters. The minimum atomic E-state index is 0.403. The average Bonchev–Trinajstić information content (AvgIpc) is 2.12. The maximum Gasteiger partial charge on any atom is 0.191 e. The van der Waals surface area contributed by atoms with E-state index in [1.807, 2.05) is 6.92 Å². The molecule has 4 heteroatoms. The maximum absolute atomic E-state index is 5.20. The van der Waals surface area contributed by atoms with Gasteiger partial charge < -0.3 is 15.4 Å². The molecule has 0 saturated carbocycles. The Morgan fingerprint density at radius 1 is 1.36 bits per heavy atom. The summed E-state index contributed by atoms with van der Waals surface area (Å²) in [6, 6.07) is 0.403. The van der Waals surface area contributed by atoms with Crippen LogP contribution >= 0.6 is 0 Å². The first-order valence-electron chi connectivity index (χ1n) is 5.33. The fourth-order valence-corrected chi connectivity index (χ4v) is 0.960. The minimum Gasteiger partial charge on any atom is -0.380 e. The van der Waals surface area contributed by atoms with Gasteiger partial charge in [-0.05, 0) is 27.7 Å². The largest absolute Gasteiger partial charge is 0.380 e. The van der Waals surface area contributed by atoms with E-state index in [2.05, 4.69) is 36.4 Å². The third-order valence-electron chi connectivity index (χ3n) is 1.48. The Morgan fingerprint density at radius 3 is 2.57 bits per heavy atom. The molecule has 0 aliphatic carbocycles. The fourth-order valence-electron chi connectivity index (χ4n) is 0.960. The fraction of sp³-hybridized carbons (Fsp3) is 0.900. The molecule has 84 valence electrons. The van der Waals surface area contributed by atoms with Gasteiger partial charge >= 0.3 is 0 Å². The molecule has 4 nitrogen and oxygen atoms in total. The summed E-state index contributed by atoms with van der Waals surface area (Å²) in [5, 5.41) is 6.42. The predicted octanol–water partition coefficient (Wildman–Crippen LogP) is 0.986. The van der Waals surface area contributed by atoms with Crippen molar-refractivity contribution in [3.63, 3.8) is 0 Å². The van der Waals surface area contributed by atoms with Crippen molar-refractivity contribution < 1.29 is 4.74 Å². The second-order valence-electron chi connectivity index (χ2n) is 3.26. The van der Waals surface area contributed by atoms with E-state index in [9.17, 15) is 0 Å². The topological polar surface area (TPSA) is 45.7 Å². The molecule has 0 saturated heterocycles. The highest BCUT2D eigenvalue weighted by Crippen LogP contribution is 1.80. The third-order valence-corrected chi connectivity index (χ3v) is 1.48. The van der Waals surface area contributed by atoms with Gasteiger partial charge in [-0.2, -0.15) is 0 Å².